The second-order valence-electron chi connectivity index (χ2n) is 8.63. The molecular weight excluding hydrogens is 272 g/mol. The van der Waals surface area contributed by atoms with Crippen LogP contribution in [-0.4, -0.2) is 17.5 Å². The lowest BCUT2D eigenvalue weighted by molar-refractivity contribution is -0.107. The number of aliphatic hydroxyl groups excluding tert-OH is 1. The molecule has 2 saturated carbocycles. The average Bonchev–Trinajstić information content (AvgIpc) is 2.84. The number of carbonyl (C=O) groups is 1. The molecule has 0 aromatic rings. The average molecular weight is 300 g/mol. The highest BCUT2D eigenvalue weighted by atomic mass is 16.3. The van der Waals surface area contributed by atoms with Crippen LogP contribution in [0.1, 0.15) is 58.8 Å². The van der Waals surface area contributed by atoms with Gasteiger partial charge in [0.15, 0.2) is 0 Å². The van der Waals surface area contributed by atoms with E-state index in [0.29, 0.717) is 11.3 Å². The number of carbonyl (C=O) groups excluding carboxylic acids is 1. The molecule has 0 aromatic heterocycles. The second-order valence-corrected chi connectivity index (χ2v) is 8.63. The minimum Gasteiger partial charge on any atom is -0.393 e. The van der Waals surface area contributed by atoms with Gasteiger partial charge in [0.25, 0.3) is 0 Å². The van der Waals surface area contributed by atoms with Gasteiger partial charge < -0.3 is 5.11 Å². The first-order valence-corrected chi connectivity index (χ1v) is 9.02. The minimum atomic E-state index is -0.125. The van der Waals surface area contributed by atoms with Gasteiger partial charge in [-0.3, -0.25) is 4.79 Å². The van der Waals surface area contributed by atoms with Crippen LogP contribution >= 0.6 is 0 Å². The summed E-state index contributed by atoms with van der Waals surface area (Å²) in [6, 6.07) is 0. The van der Waals surface area contributed by atoms with Crippen LogP contribution in [0.4, 0.5) is 0 Å². The summed E-state index contributed by atoms with van der Waals surface area (Å²) in [5.41, 5.74) is 3.01. The molecule has 22 heavy (non-hydrogen) atoms. The highest BCUT2D eigenvalue weighted by Crippen LogP contribution is 2.64. The van der Waals surface area contributed by atoms with Gasteiger partial charge in [0, 0.05) is 0 Å². The minimum absolute atomic E-state index is 0.124. The van der Waals surface area contributed by atoms with E-state index in [1.807, 2.05) is 0 Å². The number of allylic oxidation sites excluding steroid dienone is 3. The lowest BCUT2D eigenvalue weighted by atomic mass is 9.47. The highest BCUT2D eigenvalue weighted by molar-refractivity contribution is 5.76. The molecule has 0 bridgehead atoms. The van der Waals surface area contributed by atoms with Crippen molar-refractivity contribution < 1.29 is 9.90 Å². The predicted molar refractivity (Wildman–Crippen MR) is 87.2 cm³/mol. The fourth-order valence-corrected chi connectivity index (χ4v) is 6.42. The summed E-state index contributed by atoms with van der Waals surface area (Å²) in [5.74, 6) is 2.11. The Balaban J connectivity index is 1.68. The number of rotatable bonds is 1. The molecule has 120 valence electrons. The molecule has 4 rings (SSSR count). The van der Waals surface area contributed by atoms with E-state index >= 15 is 0 Å². The number of hydrogen-bond acceptors (Lipinski definition) is 2. The summed E-state index contributed by atoms with van der Waals surface area (Å²) in [6.45, 7) is 4.78. The zero-order valence-corrected chi connectivity index (χ0v) is 13.8. The molecule has 0 heterocycles. The van der Waals surface area contributed by atoms with Crippen molar-refractivity contribution in [2.24, 2.45) is 28.6 Å². The lowest BCUT2D eigenvalue weighted by Gasteiger charge is -2.57. The quantitative estimate of drug-likeness (QED) is 0.586. The Morgan fingerprint density at radius 2 is 1.86 bits per heavy atom. The topological polar surface area (TPSA) is 37.3 Å². The molecule has 0 spiro atoms. The van der Waals surface area contributed by atoms with Gasteiger partial charge in [0.2, 0.25) is 0 Å². The van der Waals surface area contributed by atoms with Crippen LogP contribution in [0.5, 0.6) is 0 Å². The number of fused-ring (bicyclic) bond motifs is 5. The van der Waals surface area contributed by atoms with Gasteiger partial charge in [-0.15, -0.1) is 0 Å². The Bertz CT molecular complexity index is 560. The maximum atomic E-state index is 11.4. The third kappa shape index (κ3) is 1.79. The zero-order chi connectivity index (χ0) is 15.5. The molecule has 4 aliphatic carbocycles. The van der Waals surface area contributed by atoms with Crippen molar-refractivity contribution in [3.63, 3.8) is 0 Å². The molecule has 0 amide bonds. The van der Waals surface area contributed by atoms with Gasteiger partial charge >= 0.3 is 0 Å². The first-order valence-electron chi connectivity index (χ1n) is 9.02. The van der Waals surface area contributed by atoms with Gasteiger partial charge in [0.1, 0.15) is 6.29 Å². The van der Waals surface area contributed by atoms with Crippen molar-refractivity contribution in [2.75, 3.05) is 0 Å². The third-order valence-corrected chi connectivity index (χ3v) is 7.85. The van der Waals surface area contributed by atoms with Crippen LogP contribution in [0.3, 0.4) is 0 Å². The van der Waals surface area contributed by atoms with Gasteiger partial charge in [-0.05, 0) is 79.1 Å². The maximum Gasteiger partial charge on any atom is 0.146 e. The fourth-order valence-electron chi connectivity index (χ4n) is 6.42. The molecule has 0 aliphatic heterocycles. The Morgan fingerprint density at radius 1 is 1.09 bits per heavy atom. The monoisotopic (exact) mass is 300 g/mol. The van der Waals surface area contributed by atoms with E-state index in [-0.39, 0.29) is 11.5 Å². The number of aldehydes is 1. The van der Waals surface area contributed by atoms with Crippen molar-refractivity contribution in [2.45, 2.75) is 64.9 Å². The molecule has 4 aliphatic rings. The molecule has 0 aromatic carbocycles. The predicted octanol–water partition coefficient (Wildman–Crippen LogP) is 4.05. The van der Waals surface area contributed by atoms with Crippen LogP contribution in [-0.2, 0) is 4.79 Å². The number of aliphatic hydroxyl groups is 1. The van der Waals surface area contributed by atoms with E-state index in [1.165, 1.54) is 12.0 Å². The zero-order valence-electron chi connectivity index (χ0n) is 13.8. The molecule has 2 heteroatoms. The van der Waals surface area contributed by atoms with Gasteiger partial charge in [0.05, 0.1) is 6.10 Å². The van der Waals surface area contributed by atoms with Crippen molar-refractivity contribution in [1.29, 1.82) is 0 Å². The summed E-state index contributed by atoms with van der Waals surface area (Å²) < 4.78 is 0. The molecule has 2 nitrogen and oxygen atoms in total. The van der Waals surface area contributed by atoms with Gasteiger partial charge in [-0.25, -0.2) is 0 Å². The first-order chi connectivity index (χ1) is 10.5. The number of hydrogen-bond donors (Lipinski definition) is 1. The summed E-state index contributed by atoms with van der Waals surface area (Å²) in [7, 11) is 0. The normalized spacial score (nSPS) is 50.3. The van der Waals surface area contributed by atoms with Crippen LogP contribution < -0.4 is 0 Å². The smallest absolute Gasteiger partial charge is 0.146 e. The Morgan fingerprint density at radius 3 is 2.64 bits per heavy atom. The Hall–Kier alpha value is -0.890. The van der Waals surface area contributed by atoms with Crippen molar-refractivity contribution in [1.82, 2.24) is 0 Å². The van der Waals surface area contributed by atoms with E-state index in [9.17, 15) is 9.90 Å². The van der Waals surface area contributed by atoms with E-state index in [4.69, 9.17) is 0 Å². The summed E-state index contributed by atoms with van der Waals surface area (Å²) in [4.78, 5) is 11.4. The van der Waals surface area contributed by atoms with Crippen LogP contribution in [0.25, 0.3) is 0 Å². The molecular formula is C20H28O2. The molecule has 2 fully saturated rings. The molecule has 0 radical (unpaired) electrons. The standard InChI is InChI=1S/C20H28O2/c1-19-9-7-15(22)11-13(19)3-5-16-17-6-4-14(12-21)20(17,2)10-8-18(16)19/h3-4,12,15-18,22H,5-11H2,1-2H3/t15-,16-,17-,18-,19-,20+/m0/s1. The van der Waals surface area contributed by atoms with Gasteiger partial charge in [-0.1, -0.05) is 31.6 Å². The molecule has 0 saturated heterocycles. The van der Waals surface area contributed by atoms with Crippen molar-refractivity contribution in [3.8, 4) is 0 Å². The van der Waals surface area contributed by atoms with Crippen LogP contribution in [0, 0.1) is 28.6 Å². The van der Waals surface area contributed by atoms with E-state index in [1.54, 1.807) is 0 Å². The van der Waals surface area contributed by atoms with E-state index < -0.39 is 0 Å². The largest absolute Gasteiger partial charge is 0.393 e. The third-order valence-electron chi connectivity index (χ3n) is 7.85. The van der Waals surface area contributed by atoms with E-state index in [0.717, 1.165) is 62.2 Å². The summed E-state index contributed by atoms with van der Waals surface area (Å²) >= 11 is 0. The maximum absolute atomic E-state index is 11.4. The first kappa shape index (κ1) is 14.7. The molecule has 6 atom stereocenters. The lowest BCUT2D eigenvalue weighted by Crippen LogP contribution is -2.50. The highest BCUT2D eigenvalue weighted by Gasteiger charge is 2.56. The Kier molecular flexibility index (Phi) is 3.21. The summed E-state index contributed by atoms with van der Waals surface area (Å²) in [5, 5.41) is 10.0. The molecule has 0 unspecified atom stereocenters. The molecule has 1 N–H and O–H groups in total. The summed E-state index contributed by atoms with van der Waals surface area (Å²) in [6.07, 6.45) is 13.3. The van der Waals surface area contributed by atoms with Gasteiger partial charge in [-0.2, -0.15) is 0 Å². The SMILES string of the molecule is C[C@]12CC[C@H](O)CC1=CC[C@@H]1[C@@H]2CC[C@]2(C)C(C=O)=CC[C@@H]12. The van der Waals surface area contributed by atoms with Crippen molar-refractivity contribution >= 4 is 6.29 Å². The second kappa shape index (κ2) is 4.80. The van der Waals surface area contributed by atoms with Crippen molar-refractivity contribution in [3.05, 3.63) is 23.3 Å². The van der Waals surface area contributed by atoms with Crippen LogP contribution in [0.2, 0.25) is 0 Å². The van der Waals surface area contributed by atoms with E-state index in [2.05, 4.69) is 26.0 Å². The fraction of sp³-hybridized carbons (Fsp3) is 0.750. The Labute approximate surface area is 133 Å². The van der Waals surface area contributed by atoms with Crippen LogP contribution in [0.15, 0.2) is 23.3 Å².